The van der Waals surface area contributed by atoms with Gasteiger partial charge in [-0.05, 0) is 31.1 Å². The van der Waals surface area contributed by atoms with E-state index < -0.39 is 0 Å². The van der Waals surface area contributed by atoms with Gasteiger partial charge in [0.05, 0.1) is 10.0 Å². The van der Waals surface area contributed by atoms with Crippen LogP contribution in [0.4, 0.5) is 0 Å². The monoisotopic (exact) mass is 364 g/mol. The first-order valence-corrected chi connectivity index (χ1v) is 8.52. The molecule has 1 aromatic rings. The van der Waals surface area contributed by atoms with Crippen molar-refractivity contribution in [2.75, 3.05) is 38.1 Å². The van der Waals surface area contributed by atoms with E-state index in [0.29, 0.717) is 10.0 Å². The van der Waals surface area contributed by atoms with Crippen LogP contribution >= 0.6 is 39.1 Å². The Labute approximate surface area is 133 Å². The molecule has 0 unspecified atom stereocenters. The Morgan fingerprint density at radius 3 is 2.58 bits per heavy atom. The third-order valence-electron chi connectivity index (χ3n) is 3.51. The van der Waals surface area contributed by atoms with Crippen LogP contribution in [0.3, 0.4) is 0 Å². The van der Waals surface area contributed by atoms with Crippen molar-refractivity contribution in [1.82, 2.24) is 9.80 Å². The molecule has 0 bridgehead atoms. The first kappa shape index (κ1) is 15.6. The van der Waals surface area contributed by atoms with Gasteiger partial charge >= 0.3 is 0 Å². The Kier molecular flexibility index (Phi) is 6.43. The van der Waals surface area contributed by atoms with Crippen LogP contribution in [-0.4, -0.2) is 47.9 Å². The van der Waals surface area contributed by atoms with E-state index >= 15 is 0 Å². The summed E-state index contributed by atoms with van der Waals surface area (Å²) in [7, 11) is 0. The highest BCUT2D eigenvalue weighted by atomic mass is 79.9. The maximum absolute atomic E-state index is 6.26. The fourth-order valence-electron chi connectivity index (χ4n) is 2.44. The largest absolute Gasteiger partial charge is 0.301 e. The zero-order valence-electron chi connectivity index (χ0n) is 10.9. The van der Waals surface area contributed by atoms with Crippen LogP contribution in [0.2, 0.25) is 10.0 Å². The molecule has 1 heterocycles. The van der Waals surface area contributed by atoms with Gasteiger partial charge in [0.15, 0.2) is 0 Å². The van der Waals surface area contributed by atoms with Gasteiger partial charge in [-0.15, -0.1) is 0 Å². The molecule has 5 heteroatoms. The van der Waals surface area contributed by atoms with Crippen molar-refractivity contribution in [3.05, 3.63) is 33.8 Å². The predicted octanol–water partition coefficient (Wildman–Crippen LogP) is 3.90. The Morgan fingerprint density at radius 2 is 1.79 bits per heavy atom. The molecule has 0 aromatic heterocycles. The van der Waals surface area contributed by atoms with Gasteiger partial charge in [0.2, 0.25) is 0 Å². The molecule has 0 radical (unpaired) electrons. The number of benzene rings is 1. The Morgan fingerprint density at radius 1 is 1.05 bits per heavy atom. The highest BCUT2D eigenvalue weighted by molar-refractivity contribution is 9.09. The van der Waals surface area contributed by atoms with Gasteiger partial charge in [-0.1, -0.05) is 51.3 Å². The molecule has 1 aromatic carbocycles. The van der Waals surface area contributed by atoms with E-state index in [9.17, 15) is 0 Å². The molecule has 0 amide bonds. The number of alkyl halides is 1. The zero-order chi connectivity index (χ0) is 13.7. The van der Waals surface area contributed by atoms with Crippen molar-refractivity contribution in [2.24, 2.45) is 0 Å². The van der Waals surface area contributed by atoms with Crippen molar-refractivity contribution < 1.29 is 0 Å². The van der Waals surface area contributed by atoms with Crippen LogP contribution in [0.15, 0.2) is 18.2 Å². The molecule has 106 valence electrons. The number of halogens is 3. The fraction of sp³-hybridized carbons (Fsp3) is 0.571. The van der Waals surface area contributed by atoms with Crippen molar-refractivity contribution in [1.29, 1.82) is 0 Å². The number of nitrogens with zero attached hydrogens (tertiary/aromatic N) is 2. The average Bonchev–Trinajstić information content (AvgIpc) is 2.61. The minimum atomic E-state index is 0.648. The summed E-state index contributed by atoms with van der Waals surface area (Å²) in [6, 6.07) is 5.88. The summed E-state index contributed by atoms with van der Waals surface area (Å²) >= 11 is 15.8. The molecule has 1 aliphatic heterocycles. The average molecular weight is 366 g/mol. The quantitative estimate of drug-likeness (QED) is 0.746. The molecule has 19 heavy (non-hydrogen) atoms. The molecule has 0 N–H and O–H groups in total. The topological polar surface area (TPSA) is 6.48 Å². The first-order chi connectivity index (χ1) is 9.20. The third-order valence-corrected chi connectivity index (χ3v) is 4.72. The molecule has 2 rings (SSSR count). The lowest BCUT2D eigenvalue weighted by Gasteiger charge is -2.21. The van der Waals surface area contributed by atoms with Crippen LogP contribution in [0.5, 0.6) is 0 Å². The van der Waals surface area contributed by atoms with Gasteiger partial charge in [-0.25, -0.2) is 0 Å². The van der Waals surface area contributed by atoms with Crippen molar-refractivity contribution in [2.45, 2.75) is 13.0 Å². The van der Waals surface area contributed by atoms with E-state index in [4.69, 9.17) is 23.2 Å². The first-order valence-electron chi connectivity index (χ1n) is 6.64. The van der Waals surface area contributed by atoms with E-state index in [1.54, 1.807) is 0 Å². The van der Waals surface area contributed by atoms with Crippen LogP contribution < -0.4 is 0 Å². The van der Waals surface area contributed by atoms with Crippen LogP contribution in [0, 0.1) is 0 Å². The molecule has 1 aliphatic rings. The number of rotatable bonds is 4. The summed E-state index contributed by atoms with van der Waals surface area (Å²) in [5, 5.41) is 2.40. The highest BCUT2D eigenvalue weighted by Crippen LogP contribution is 2.26. The second-order valence-corrected chi connectivity index (χ2v) is 6.45. The maximum Gasteiger partial charge on any atom is 0.0637 e. The summed E-state index contributed by atoms with van der Waals surface area (Å²) in [6.07, 6.45) is 1.21. The minimum absolute atomic E-state index is 0.648. The molecule has 2 nitrogen and oxygen atoms in total. The fourth-order valence-corrected chi connectivity index (χ4v) is 3.32. The molecular formula is C14H19BrCl2N2. The van der Waals surface area contributed by atoms with Crippen LogP contribution in [0.25, 0.3) is 0 Å². The number of hydrogen-bond acceptors (Lipinski definition) is 2. The predicted molar refractivity (Wildman–Crippen MR) is 86.6 cm³/mol. The molecule has 0 spiro atoms. The summed E-state index contributed by atoms with van der Waals surface area (Å²) in [4.78, 5) is 4.97. The molecular weight excluding hydrogens is 347 g/mol. The van der Waals surface area contributed by atoms with Gasteiger partial charge in [0.1, 0.15) is 0 Å². The summed E-state index contributed by atoms with van der Waals surface area (Å²) in [5.41, 5.74) is 1.13. The lowest BCUT2D eigenvalue weighted by molar-refractivity contribution is 0.258. The Hall–Kier alpha value is 0.200. The van der Waals surface area contributed by atoms with Crippen molar-refractivity contribution >= 4 is 39.1 Å². The van der Waals surface area contributed by atoms with E-state index in [1.807, 2.05) is 12.1 Å². The lowest BCUT2D eigenvalue weighted by atomic mass is 10.2. The summed E-state index contributed by atoms with van der Waals surface area (Å²) < 4.78 is 0. The normalized spacial score (nSPS) is 18.5. The Bertz CT molecular complexity index is 414. The zero-order valence-corrected chi connectivity index (χ0v) is 14.0. The van der Waals surface area contributed by atoms with Gasteiger partial charge in [0, 0.05) is 31.5 Å². The molecule has 0 atom stereocenters. The van der Waals surface area contributed by atoms with Gasteiger partial charge in [0.25, 0.3) is 0 Å². The summed E-state index contributed by atoms with van der Waals surface area (Å²) in [6.45, 7) is 6.56. The molecule has 0 aliphatic carbocycles. The van der Waals surface area contributed by atoms with Gasteiger partial charge in [-0.2, -0.15) is 0 Å². The van der Waals surface area contributed by atoms with E-state index in [0.717, 1.165) is 43.6 Å². The van der Waals surface area contributed by atoms with Crippen molar-refractivity contribution in [3.63, 3.8) is 0 Å². The van der Waals surface area contributed by atoms with Crippen molar-refractivity contribution in [3.8, 4) is 0 Å². The Balaban J connectivity index is 1.94. The van der Waals surface area contributed by atoms with E-state index in [2.05, 4.69) is 31.8 Å². The third kappa shape index (κ3) is 4.61. The van der Waals surface area contributed by atoms with E-state index in [-0.39, 0.29) is 0 Å². The second-order valence-electron chi connectivity index (χ2n) is 4.87. The lowest BCUT2D eigenvalue weighted by Crippen LogP contribution is -2.31. The summed E-state index contributed by atoms with van der Waals surface area (Å²) in [5.74, 6) is 0. The highest BCUT2D eigenvalue weighted by Gasteiger charge is 2.15. The van der Waals surface area contributed by atoms with Crippen LogP contribution in [0.1, 0.15) is 12.0 Å². The number of hydrogen-bond donors (Lipinski definition) is 0. The molecule has 1 fully saturated rings. The smallest absolute Gasteiger partial charge is 0.0637 e. The minimum Gasteiger partial charge on any atom is -0.301 e. The molecule has 1 saturated heterocycles. The van der Waals surface area contributed by atoms with Gasteiger partial charge in [-0.3, -0.25) is 4.90 Å². The SMILES string of the molecule is Clc1cccc(CN2CCCN(CCBr)CC2)c1Cl. The second kappa shape index (κ2) is 7.84. The molecule has 0 saturated carbocycles. The van der Waals surface area contributed by atoms with E-state index in [1.165, 1.54) is 13.0 Å². The maximum atomic E-state index is 6.26. The van der Waals surface area contributed by atoms with Crippen LogP contribution in [-0.2, 0) is 6.54 Å². The standard InChI is InChI=1S/C14H19BrCl2N2/c15-5-8-18-6-2-7-19(10-9-18)11-12-3-1-4-13(16)14(12)17/h1,3-4H,2,5-11H2. The van der Waals surface area contributed by atoms with Gasteiger partial charge < -0.3 is 4.90 Å².